The molecular formula is C16H15N3O3. The molecule has 0 aliphatic heterocycles. The highest BCUT2D eigenvalue weighted by Gasteiger charge is 2.06. The molecule has 0 saturated carbocycles. The van der Waals surface area contributed by atoms with E-state index < -0.39 is 0 Å². The number of H-pyrrole nitrogens is 2. The van der Waals surface area contributed by atoms with Crippen LogP contribution in [0, 0.1) is 0 Å². The number of aromatic amines is 2. The van der Waals surface area contributed by atoms with Crippen LogP contribution in [0.5, 0.6) is 5.75 Å². The van der Waals surface area contributed by atoms with Crippen LogP contribution in [0.15, 0.2) is 47.3 Å². The van der Waals surface area contributed by atoms with Gasteiger partial charge in [-0.05, 0) is 35.9 Å². The van der Waals surface area contributed by atoms with Gasteiger partial charge in [0, 0.05) is 5.69 Å². The number of ether oxygens (including phenoxy) is 1. The number of anilines is 1. The first kappa shape index (κ1) is 13.9. The van der Waals surface area contributed by atoms with Crippen LogP contribution in [-0.2, 0) is 11.2 Å². The minimum Gasteiger partial charge on any atom is -0.497 e. The molecule has 1 amide bonds. The van der Waals surface area contributed by atoms with Crippen molar-refractivity contribution < 1.29 is 9.53 Å². The Labute approximate surface area is 126 Å². The lowest BCUT2D eigenvalue weighted by Gasteiger charge is -2.06. The minimum atomic E-state index is -0.269. The highest BCUT2D eigenvalue weighted by Crippen LogP contribution is 2.16. The molecule has 6 heteroatoms. The van der Waals surface area contributed by atoms with Gasteiger partial charge >= 0.3 is 5.69 Å². The summed E-state index contributed by atoms with van der Waals surface area (Å²) >= 11 is 0. The third-order valence-corrected chi connectivity index (χ3v) is 3.30. The predicted octanol–water partition coefficient (Wildman–Crippen LogP) is 2.05. The van der Waals surface area contributed by atoms with Crippen LogP contribution in [0.3, 0.4) is 0 Å². The van der Waals surface area contributed by atoms with Gasteiger partial charge < -0.3 is 20.0 Å². The molecule has 0 bridgehead atoms. The Morgan fingerprint density at radius 1 is 1.14 bits per heavy atom. The van der Waals surface area contributed by atoms with Gasteiger partial charge in [0.25, 0.3) is 0 Å². The zero-order chi connectivity index (χ0) is 15.5. The molecule has 0 radical (unpaired) electrons. The third kappa shape index (κ3) is 3.01. The molecule has 1 heterocycles. The number of carbonyl (C=O) groups excluding carboxylic acids is 1. The summed E-state index contributed by atoms with van der Waals surface area (Å²) in [6, 6.07) is 12.6. The topological polar surface area (TPSA) is 87.0 Å². The Balaban J connectivity index is 1.73. The number of amides is 1. The third-order valence-electron chi connectivity index (χ3n) is 3.30. The summed E-state index contributed by atoms with van der Waals surface area (Å²) in [7, 11) is 1.59. The van der Waals surface area contributed by atoms with E-state index in [-0.39, 0.29) is 18.0 Å². The van der Waals surface area contributed by atoms with Gasteiger partial charge in [-0.1, -0.05) is 12.1 Å². The lowest BCUT2D eigenvalue weighted by molar-refractivity contribution is -0.115. The van der Waals surface area contributed by atoms with Crippen molar-refractivity contribution in [2.75, 3.05) is 12.4 Å². The Hall–Kier alpha value is -3.02. The van der Waals surface area contributed by atoms with Crippen LogP contribution < -0.4 is 15.7 Å². The smallest absolute Gasteiger partial charge is 0.323 e. The van der Waals surface area contributed by atoms with Crippen molar-refractivity contribution in [3.8, 4) is 5.75 Å². The normalized spacial score (nSPS) is 10.6. The number of carbonyl (C=O) groups is 1. The quantitative estimate of drug-likeness (QED) is 0.688. The van der Waals surface area contributed by atoms with E-state index in [2.05, 4.69) is 15.3 Å². The van der Waals surface area contributed by atoms with Gasteiger partial charge in [0.1, 0.15) is 5.75 Å². The number of imidazole rings is 1. The van der Waals surface area contributed by atoms with Crippen molar-refractivity contribution in [1.29, 1.82) is 0 Å². The molecule has 3 N–H and O–H groups in total. The summed E-state index contributed by atoms with van der Waals surface area (Å²) in [5.74, 6) is 0.585. The van der Waals surface area contributed by atoms with Crippen molar-refractivity contribution in [2.45, 2.75) is 6.42 Å². The van der Waals surface area contributed by atoms with E-state index >= 15 is 0 Å². The van der Waals surface area contributed by atoms with Crippen molar-refractivity contribution >= 4 is 22.6 Å². The van der Waals surface area contributed by atoms with E-state index in [1.54, 1.807) is 25.3 Å². The first-order valence-electron chi connectivity index (χ1n) is 6.79. The van der Waals surface area contributed by atoms with E-state index in [9.17, 15) is 9.59 Å². The average molecular weight is 297 g/mol. The largest absolute Gasteiger partial charge is 0.497 e. The fraction of sp³-hybridized carbons (Fsp3) is 0.125. The van der Waals surface area contributed by atoms with Gasteiger partial charge in [-0.2, -0.15) is 0 Å². The second-order valence-corrected chi connectivity index (χ2v) is 4.92. The number of benzene rings is 2. The Morgan fingerprint density at radius 3 is 2.77 bits per heavy atom. The van der Waals surface area contributed by atoms with E-state index in [1.807, 2.05) is 24.3 Å². The van der Waals surface area contributed by atoms with Crippen molar-refractivity contribution in [2.24, 2.45) is 0 Å². The molecule has 0 fully saturated rings. The van der Waals surface area contributed by atoms with Gasteiger partial charge in [0.2, 0.25) is 5.91 Å². The van der Waals surface area contributed by atoms with Crippen molar-refractivity contribution in [1.82, 2.24) is 9.97 Å². The molecule has 1 aromatic heterocycles. The number of hydrogen-bond acceptors (Lipinski definition) is 3. The van der Waals surface area contributed by atoms with Crippen LogP contribution in [-0.4, -0.2) is 23.0 Å². The number of nitrogens with one attached hydrogen (secondary N) is 3. The van der Waals surface area contributed by atoms with Crippen LogP contribution >= 0.6 is 0 Å². The summed E-state index contributed by atoms with van der Waals surface area (Å²) in [6.45, 7) is 0. The maximum atomic E-state index is 12.1. The molecule has 2 aromatic carbocycles. The first-order valence-corrected chi connectivity index (χ1v) is 6.79. The highest BCUT2D eigenvalue weighted by molar-refractivity contribution is 5.94. The maximum absolute atomic E-state index is 12.1. The minimum absolute atomic E-state index is 0.134. The van der Waals surface area contributed by atoms with E-state index in [4.69, 9.17) is 4.74 Å². The second-order valence-electron chi connectivity index (χ2n) is 4.92. The molecule has 0 atom stereocenters. The number of aromatic nitrogens is 2. The summed E-state index contributed by atoms with van der Waals surface area (Å²) in [5.41, 5.74) is 2.60. The summed E-state index contributed by atoms with van der Waals surface area (Å²) in [6.07, 6.45) is 0.249. The van der Waals surface area contributed by atoms with E-state index in [1.165, 1.54) is 0 Å². The van der Waals surface area contributed by atoms with E-state index in [0.717, 1.165) is 11.3 Å². The Kier molecular flexibility index (Phi) is 3.65. The molecule has 112 valence electrons. The molecular weight excluding hydrogens is 282 g/mol. The predicted molar refractivity (Wildman–Crippen MR) is 84.2 cm³/mol. The van der Waals surface area contributed by atoms with Gasteiger partial charge in [-0.3, -0.25) is 4.79 Å². The molecule has 6 nitrogen and oxygen atoms in total. The van der Waals surface area contributed by atoms with Gasteiger partial charge in [-0.15, -0.1) is 0 Å². The van der Waals surface area contributed by atoms with Gasteiger partial charge in [0.15, 0.2) is 0 Å². The SMILES string of the molecule is COc1cccc(CC(=O)Nc2ccc3[nH]c(=O)[nH]c3c2)c1. The molecule has 0 aliphatic carbocycles. The molecule has 0 saturated heterocycles. The molecule has 3 aromatic rings. The lowest BCUT2D eigenvalue weighted by atomic mass is 10.1. The standard InChI is InChI=1S/C16H15N3O3/c1-22-12-4-2-3-10(7-12)8-15(20)17-11-5-6-13-14(9-11)19-16(21)18-13/h2-7,9H,8H2,1H3,(H,17,20)(H2,18,19,21). The van der Waals surface area contributed by atoms with Crippen LogP contribution in [0.4, 0.5) is 5.69 Å². The summed E-state index contributed by atoms with van der Waals surface area (Å²) < 4.78 is 5.14. The lowest BCUT2D eigenvalue weighted by Crippen LogP contribution is -2.14. The zero-order valence-electron chi connectivity index (χ0n) is 12.0. The molecule has 0 aliphatic rings. The van der Waals surface area contributed by atoms with Crippen LogP contribution in [0.1, 0.15) is 5.56 Å². The first-order chi connectivity index (χ1) is 10.6. The van der Waals surface area contributed by atoms with Gasteiger partial charge in [-0.25, -0.2) is 4.79 Å². The zero-order valence-corrected chi connectivity index (χ0v) is 12.0. The molecule has 3 rings (SSSR count). The maximum Gasteiger partial charge on any atom is 0.323 e. The van der Waals surface area contributed by atoms with Crippen LogP contribution in [0.25, 0.3) is 11.0 Å². The Morgan fingerprint density at radius 2 is 1.95 bits per heavy atom. The Bertz CT molecular complexity index is 879. The molecule has 0 spiro atoms. The monoisotopic (exact) mass is 297 g/mol. The van der Waals surface area contributed by atoms with Crippen LogP contribution in [0.2, 0.25) is 0 Å². The number of fused-ring (bicyclic) bond motifs is 1. The second kappa shape index (κ2) is 5.77. The van der Waals surface area contributed by atoms with E-state index in [0.29, 0.717) is 16.7 Å². The highest BCUT2D eigenvalue weighted by atomic mass is 16.5. The number of rotatable bonds is 4. The fourth-order valence-electron chi connectivity index (χ4n) is 2.28. The number of hydrogen-bond donors (Lipinski definition) is 3. The van der Waals surface area contributed by atoms with Crippen molar-refractivity contribution in [3.63, 3.8) is 0 Å². The van der Waals surface area contributed by atoms with Crippen molar-refractivity contribution in [3.05, 3.63) is 58.5 Å². The number of methoxy groups -OCH3 is 1. The fourth-order valence-corrected chi connectivity index (χ4v) is 2.28. The van der Waals surface area contributed by atoms with Gasteiger partial charge in [0.05, 0.1) is 24.6 Å². The molecule has 22 heavy (non-hydrogen) atoms. The summed E-state index contributed by atoms with van der Waals surface area (Å²) in [5, 5.41) is 2.81. The summed E-state index contributed by atoms with van der Waals surface area (Å²) in [4.78, 5) is 28.6. The molecule has 0 unspecified atom stereocenters. The average Bonchev–Trinajstić information content (AvgIpc) is 2.86.